The van der Waals surface area contributed by atoms with Gasteiger partial charge in [0.05, 0.1) is 17.7 Å². The number of anilines is 1. The SMILES string of the molecule is CCCNC(=O)C(CC)N(Cc1ccc(OC)cc1)C(=O)CN(c1ccc(I)cc1)S(=O)(=O)c1ccccc1. The van der Waals surface area contributed by atoms with Crippen molar-refractivity contribution in [2.75, 3.05) is 24.5 Å². The minimum atomic E-state index is -4.08. The lowest BCUT2D eigenvalue weighted by Crippen LogP contribution is -2.52. The first-order valence-electron chi connectivity index (χ1n) is 12.7. The predicted octanol–water partition coefficient (Wildman–Crippen LogP) is 4.83. The van der Waals surface area contributed by atoms with Crippen LogP contribution < -0.4 is 14.4 Å². The van der Waals surface area contributed by atoms with Crippen LogP contribution >= 0.6 is 22.6 Å². The van der Waals surface area contributed by atoms with E-state index in [2.05, 4.69) is 27.9 Å². The number of nitrogens with zero attached hydrogens (tertiary/aromatic N) is 2. The Balaban J connectivity index is 2.02. The van der Waals surface area contributed by atoms with Crippen LogP contribution in [0.1, 0.15) is 32.3 Å². The maximum Gasteiger partial charge on any atom is 0.264 e. The van der Waals surface area contributed by atoms with Crippen LogP contribution in [0.4, 0.5) is 5.69 Å². The van der Waals surface area contributed by atoms with Gasteiger partial charge < -0.3 is 15.0 Å². The van der Waals surface area contributed by atoms with E-state index < -0.39 is 28.5 Å². The van der Waals surface area contributed by atoms with Crippen molar-refractivity contribution in [3.63, 3.8) is 0 Å². The van der Waals surface area contributed by atoms with Gasteiger partial charge in [-0.3, -0.25) is 13.9 Å². The molecule has 1 N–H and O–H groups in total. The number of sulfonamides is 1. The quantitative estimate of drug-likeness (QED) is 0.265. The molecule has 208 valence electrons. The van der Waals surface area contributed by atoms with Gasteiger partial charge in [-0.25, -0.2) is 8.42 Å². The van der Waals surface area contributed by atoms with E-state index in [-0.39, 0.29) is 17.3 Å². The van der Waals surface area contributed by atoms with E-state index >= 15 is 0 Å². The predicted molar refractivity (Wildman–Crippen MR) is 161 cm³/mol. The number of benzene rings is 3. The Bertz CT molecular complexity index is 1330. The molecule has 3 aromatic rings. The highest BCUT2D eigenvalue weighted by Gasteiger charge is 2.33. The number of ether oxygens (including phenoxy) is 1. The van der Waals surface area contributed by atoms with E-state index in [4.69, 9.17) is 4.74 Å². The molecule has 0 saturated heterocycles. The molecule has 0 heterocycles. The van der Waals surface area contributed by atoms with Crippen molar-refractivity contribution < 1.29 is 22.7 Å². The molecule has 39 heavy (non-hydrogen) atoms. The van der Waals surface area contributed by atoms with E-state index in [0.29, 0.717) is 24.4 Å². The Labute approximate surface area is 244 Å². The second kappa shape index (κ2) is 14.3. The van der Waals surface area contributed by atoms with Gasteiger partial charge in [-0.1, -0.05) is 44.2 Å². The highest BCUT2D eigenvalue weighted by atomic mass is 127. The number of halogens is 1. The van der Waals surface area contributed by atoms with Gasteiger partial charge in [-0.15, -0.1) is 0 Å². The molecule has 0 aliphatic rings. The number of hydrogen-bond acceptors (Lipinski definition) is 5. The van der Waals surface area contributed by atoms with Crippen LogP contribution in [0, 0.1) is 3.57 Å². The number of amides is 2. The third kappa shape index (κ3) is 7.95. The highest BCUT2D eigenvalue weighted by Crippen LogP contribution is 2.26. The van der Waals surface area contributed by atoms with Crippen molar-refractivity contribution >= 4 is 50.1 Å². The van der Waals surface area contributed by atoms with Gasteiger partial charge in [0.15, 0.2) is 0 Å². The first kappa shape index (κ1) is 30.4. The standard InChI is InChI=1S/C29H34IN3O5S/c1-4-19-31-29(35)27(5-2)32(20-22-11-17-25(38-3)18-12-22)28(34)21-33(24-15-13-23(30)14-16-24)39(36,37)26-9-7-6-8-10-26/h6-18,27H,4-5,19-21H2,1-3H3,(H,31,35). The molecule has 8 nitrogen and oxygen atoms in total. The molecular formula is C29H34IN3O5S. The average Bonchev–Trinajstić information content (AvgIpc) is 2.95. The second-order valence-corrected chi connectivity index (χ2v) is 12.0. The van der Waals surface area contributed by atoms with Gasteiger partial charge in [-0.2, -0.15) is 0 Å². The molecular weight excluding hydrogens is 629 g/mol. The Morgan fingerprint density at radius 3 is 2.15 bits per heavy atom. The van der Waals surface area contributed by atoms with Crippen LogP contribution in [0.3, 0.4) is 0 Å². The summed E-state index contributed by atoms with van der Waals surface area (Å²) in [6.45, 7) is 3.94. The summed E-state index contributed by atoms with van der Waals surface area (Å²) in [6, 6.07) is 21.4. The largest absolute Gasteiger partial charge is 0.497 e. The zero-order valence-corrected chi connectivity index (χ0v) is 25.3. The van der Waals surface area contributed by atoms with Crippen LogP contribution in [0.15, 0.2) is 83.8 Å². The minimum Gasteiger partial charge on any atom is -0.497 e. The molecule has 2 amide bonds. The van der Waals surface area contributed by atoms with Gasteiger partial charge in [0, 0.05) is 16.7 Å². The third-order valence-corrected chi connectivity index (χ3v) is 8.68. The van der Waals surface area contributed by atoms with Crippen molar-refractivity contribution in [2.45, 2.75) is 44.2 Å². The summed E-state index contributed by atoms with van der Waals surface area (Å²) in [7, 11) is -2.51. The highest BCUT2D eigenvalue weighted by molar-refractivity contribution is 14.1. The van der Waals surface area contributed by atoms with E-state index in [9.17, 15) is 18.0 Å². The topological polar surface area (TPSA) is 96.0 Å². The van der Waals surface area contributed by atoms with E-state index in [1.54, 1.807) is 61.7 Å². The van der Waals surface area contributed by atoms with Gasteiger partial charge >= 0.3 is 0 Å². The third-order valence-electron chi connectivity index (χ3n) is 6.17. The zero-order chi connectivity index (χ0) is 28.4. The molecule has 0 bridgehead atoms. The molecule has 3 rings (SSSR count). The minimum absolute atomic E-state index is 0.0748. The second-order valence-electron chi connectivity index (χ2n) is 8.89. The van der Waals surface area contributed by atoms with Crippen LogP contribution in [0.2, 0.25) is 0 Å². The number of methoxy groups -OCH3 is 1. The van der Waals surface area contributed by atoms with Gasteiger partial charge in [0.2, 0.25) is 11.8 Å². The first-order valence-corrected chi connectivity index (χ1v) is 15.3. The Kier molecular flexibility index (Phi) is 11.2. The molecule has 0 spiro atoms. The lowest BCUT2D eigenvalue weighted by atomic mass is 10.1. The van der Waals surface area contributed by atoms with E-state index in [1.165, 1.54) is 17.0 Å². The lowest BCUT2D eigenvalue weighted by molar-refractivity contribution is -0.140. The number of carbonyl (C=O) groups is 2. The summed E-state index contributed by atoms with van der Waals surface area (Å²) >= 11 is 2.14. The number of carbonyl (C=O) groups excluding carboxylic acids is 2. The molecule has 1 unspecified atom stereocenters. The number of rotatable bonds is 13. The van der Waals surface area contributed by atoms with Crippen LogP contribution in [0.5, 0.6) is 5.75 Å². The summed E-state index contributed by atoms with van der Waals surface area (Å²) in [6.07, 6.45) is 1.12. The first-order chi connectivity index (χ1) is 18.7. The number of hydrogen-bond donors (Lipinski definition) is 1. The maximum atomic E-state index is 14.0. The van der Waals surface area contributed by atoms with Crippen LogP contribution in [0.25, 0.3) is 0 Å². The lowest BCUT2D eigenvalue weighted by Gasteiger charge is -2.33. The Hall–Kier alpha value is -3.12. The fraction of sp³-hybridized carbons (Fsp3) is 0.310. The van der Waals surface area contributed by atoms with E-state index in [1.807, 2.05) is 26.0 Å². The van der Waals surface area contributed by atoms with E-state index in [0.717, 1.165) is 19.9 Å². The molecule has 0 aliphatic carbocycles. The van der Waals surface area contributed by atoms with Gasteiger partial charge in [0.25, 0.3) is 10.0 Å². The molecule has 10 heteroatoms. The van der Waals surface area contributed by atoms with Crippen molar-refractivity contribution in [3.8, 4) is 5.75 Å². The van der Waals surface area contributed by atoms with Crippen molar-refractivity contribution in [3.05, 3.63) is 88.0 Å². The zero-order valence-electron chi connectivity index (χ0n) is 22.3. The Morgan fingerprint density at radius 1 is 0.949 bits per heavy atom. The van der Waals surface area contributed by atoms with Crippen LogP contribution in [-0.4, -0.2) is 51.4 Å². The Morgan fingerprint density at radius 2 is 1.59 bits per heavy atom. The van der Waals surface area contributed by atoms with Gasteiger partial charge in [0.1, 0.15) is 18.3 Å². The fourth-order valence-electron chi connectivity index (χ4n) is 4.07. The summed E-state index contributed by atoms with van der Waals surface area (Å²) in [5, 5.41) is 2.88. The van der Waals surface area contributed by atoms with Crippen molar-refractivity contribution in [2.24, 2.45) is 0 Å². The van der Waals surface area contributed by atoms with Crippen LogP contribution in [-0.2, 0) is 26.2 Å². The number of nitrogens with one attached hydrogen (secondary N) is 1. The summed E-state index contributed by atoms with van der Waals surface area (Å²) in [5.41, 5.74) is 1.15. The smallest absolute Gasteiger partial charge is 0.264 e. The average molecular weight is 664 g/mol. The fourth-order valence-corrected chi connectivity index (χ4v) is 5.86. The molecule has 0 fully saturated rings. The molecule has 0 saturated carbocycles. The molecule has 0 aromatic heterocycles. The molecule has 0 radical (unpaired) electrons. The van der Waals surface area contributed by atoms with Crippen molar-refractivity contribution in [1.29, 1.82) is 0 Å². The molecule has 3 aromatic carbocycles. The summed E-state index contributed by atoms with van der Waals surface area (Å²) in [5.74, 6) is -0.0847. The summed E-state index contributed by atoms with van der Waals surface area (Å²) in [4.78, 5) is 28.7. The van der Waals surface area contributed by atoms with Gasteiger partial charge in [-0.05, 0) is 89.5 Å². The maximum absolute atomic E-state index is 14.0. The monoisotopic (exact) mass is 663 g/mol. The summed E-state index contributed by atoms with van der Waals surface area (Å²) < 4.78 is 34.8. The molecule has 0 aliphatic heterocycles. The van der Waals surface area contributed by atoms with Crippen molar-refractivity contribution in [1.82, 2.24) is 10.2 Å². The molecule has 1 atom stereocenters. The normalized spacial score (nSPS) is 11.9.